The van der Waals surface area contributed by atoms with Gasteiger partial charge >= 0.3 is 0 Å². The summed E-state index contributed by atoms with van der Waals surface area (Å²) in [5.41, 5.74) is 3.11. The van der Waals surface area contributed by atoms with E-state index < -0.39 is 15.3 Å². The highest BCUT2D eigenvalue weighted by Gasteiger charge is 2.42. The zero-order valence-corrected chi connectivity index (χ0v) is 16.8. The predicted molar refractivity (Wildman–Crippen MR) is 108 cm³/mol. The maximum absolute atomic E-state index is 12.9. The Kier molecular flexibility index (Phi) is 6.16. The van der Waals surface area contributed by atoms with Crippen molar-refractivity contribution in [1.29, 1.82) is 0 Å². The van der Waals surface area contributed by atoms with Gasteiger partial charge < -0.3 is 4.90 Å². The van der Waals surface area contributed by atoms with E-state index >= 15 is 0 Å². The molecule has 2 aromatic carbocycles. The SMILES string of the molecule is CN(C)c1ccc([C@@H]2[C@@H](S(=O)(=O)NCCc3ccccc3)CON2C)cc1. The lowest BCUT2D eigenvalue weighted by Gasteiger charge is -2.24. The third kappa shape index (κ3) is 4.68. The maximum Gasteiger partial charge on any atom is 0.218 e. The number of rotatable bonds is 7. The van der Waals surface area contributed by atoms with Crippen molar-refractivity contribution in [2.45, 2.75) is 17.7 Å². The van der Waals surface area contributed by atoms with E-state index in [1.165, 1.54) is 0 Å². The minimum Gasteiger partial charge on any atom is -0.378 e. The van der Waals surface area contributed by atoms with Gasteiger partial charge in [-0.2, -0.15) is 5.06 Å². The summed E-state index contributed by atoms with van der Waals surface area (Å²) in [5, 5.41) is 0.995. The van der Waals surface area contributed by atoms with Crippen LogP contribution in [0.25, 0.3) is 0 Å². The molecule has 6 nitrogen and oxygen atoms in total. The molecule has 1 fully saturated rings. The van der Waals surface area contributed by atoms with Gasteiger partial charge in [0.05, 0.1) is 12.6 Å². The number of hydrogen-bond acceptors (Lipinski definition) is 5. The third-order valence-corrected chi connectivity index (χ3v) is 6.69. The summed E-state index contributed by atoms with van der Waals surface area (Å²) in [6, 6.07) is 17.4. The number of benzene rings is 2. The van der Waals surface area contributed by atoms with Crippen LogP contribution < -0.4 is 9.62 Å². The minimum atomic E-state index is -3.51. The topological polar surface area (TPSA) is 61.9 Å². The molecule has 0 aromatic heterocycles. The van der Waals surface area contributed by atoms with Gasteiger partial charge in [0.2, 0.25) is 10.0 Å². The van der Waals surface area contributed by atoms with Crippen LogP contribution in [-0.4, -0.2) is 53.0 Å². The molecule has 0 saturated carbocycles. The first-order valence-electron chi connectivity index (χ1n) is 9.04. The molecule has 1 N–H and O–H groups in total. The van der Waals surface area contributed by atoms with Crippen LogP contribution in [0.3, 0.4) is 0 Å². The molecule has 0 aliphatic carbocycles. The van der Waals surface area contributed by atoms with Gasteiger partial charge in [0.25, 0.3) is 0 Å². The quantitative estimate of drug-likeness (QED) is 0.787. The van der Waals surface area contributed by atoms with Crippen molar-refractivity contribution in [1.82, 2.24) is 9.79 Å². The first-order chi connectivity index (χ1) is 12.9. The molecular weight excluding hydrogens is 362 g/mol. The average molecular weight is 390 g/mol. The van der Waals surface area contributed by atoms with Crippen LogP contribution in [0.1, 0.15) is 17.2 Å². The molecular formula is C20H27N3O3S. The Morgan fingerprint density at radius 2 is 1.78 bits per heavy atom. The fraction of sp³-hybridized carbons (Fsp3) is 0.400. The predicted octanol–water partition coefficient (Wildman–Crippen LogP) is 2.20. The van der Waals surface area contributed by atoms with E-state index in [0.29, 0.717) is 13.0 Å². The van der Waals surface area contributed by atoms with Gasteiger partial charge in [0.1, 0.15) is 5.25 Å². The van der Waals surface area contributed by atoms with Crippen molar-refractivity contribution >= 4 is 15.7 Å². The molecule has 7 heteroatoms. The number of nitrogens with one attached hydrogen (secondary N) is 1. The van der Waals surface area contributed by atoms with Crippen molar-refractivity contribution in [3.05, 3.63) is 65.7 Å². The van der Waals surface area contributed by atoms with Crippen molar-refractivity contribution in [2.24, 2.45) is 0 Å². The lowest BCUT2D eigenvalue weighted by molar-refractivity contribution is -0.110. The van der Waals surface area contributed by atoms with Crippen molar-refractivity contribution < 1.29 is 13.3 Å². The second-order valence-electron chi connectivity index (χ2n) is 6.99. The number of nitrogens with zero attached hydrogens (tertiary/aromatic N) is 2. The molecule has 2 aromatic rings. The second kappa shape index (κ2) is 8.39. The smallest absolute Gasteiger partial charge is 0.218 e. The number of sulfonamides is 1. The van der Waals surface area contributed by atoms with Gasteiger partial charge in [-0.05, 0) is 29.7 Å². The zero-order valence-electron chi connectivity index (χ0n) is 16.0. The fourth-order valence-electron chi connectivity index (χ4n) is 3.34. The molecule has 1 aliphatic rings. The van der Waals surface area contributed by atoms with Crippen molar-refractivity contribution in [3.8, 4) is 0 Å². The Morgan fingerprint density at radius 3 is 2.41 bits per heavy atom. The van der Waals surface area contributed by atoms with Crippen LogP contribution in [-0.2, 0) is 21.3 Å². The molecule has 1 aliphatic heterocycles. The Hall–Kier alpha value is -1.93. The molecule has 1 heterocycles. The summed E-state index contributed by atoms with van der Waals surface area (Å²) in [6.45, 7) is 0.524. The largest absolute Gasteiger partial charge is 0.378 e. The summed E-state index contributed by atoms with van der Waals surface area (Å²) in [4.78, 5) is 7.58. The number of hydrogen-bond donors (Lipinski definition) is 1. The summed E-state index contributed by atoms with van der Waals surface area (Å²) in [6.07, 6.45) is 0.658. The summed E-state index contributed by atoms with van der Waals surface area (Å²) >= 11 is 0. The zero-order chi connectivity index (χ0) is 19.4. The Bertz CT molecular complexity index is 839. The van der Waals surface area contributed by atoms with E-state index in [9.17, 15) is 8.42 Å². The van der Waals surface area contributed by atoms with Gasteiger partial charge in [-0.15, -0.1) is 0 Å². The van der Waals surface area contributed by atoms with Crippen LogP contribution >= 0.6 is 0 Å². The Labute approximate surface area is 161 Å². The van der Waals surface area contributed by atoms with E-state index in [2.05, 4.69) is 4.72 Å². The first kappa shape index (κ1) is 19.8. The highest BCUT2D eigenvalue weighted by Crippen LogP contribution is 2.33. The molecule has 27 heavy (non-hydrogen) atoms. The summed E-state index contributed by atoms with van der Waals surface area (Å²) in [5.74, 6) is 0. The van der Waals surface area contributed by atoms with E-state index in [1.807, 2.05) is 73.6 Å². The van der Waals surface area contributed by atoms with Crippen LogP contribution in [0.5, 0.6) is 0 Å². The van der Waals surface area contributed by atoms with Crippen molar-refractivity contribution in [2.75, 3.05) is 39.2 Å². The highest BCUT2D eigenvalue weighted by molar-refractivity contribution is 7.90. The molecule has 0 bridgehead atoms. The van der Waals surface area contributed by atoms with Gasteiger partial charge in [-0.3, -0.25) is 4.84 Å². The standard InChI is InChI=1S/C20H27N3O3S/c1-22(2)18-11-9-17(10-12-18)20-19(15-26-23(20)3)27(24,25)21-14-13-16-7-5-4-6-8-16/h4-12,19-21H,13-15H2,1-3H3/t19-,20+/m0/s1. The van der Waals surface area contributed by atoms with E-state index in [1.54, 1.807) is 12.1 Å². The molecule has 146 valence electrons. The normalized spacial score (nSPS) is 20.7. The molecule has 0 amide bonds. The Balaban J connectivity index is 1.71. The van der Waals surface area contributed by atoms with Gasteiger partial charge in [0, 0.05) is 33.4 Å². The number of hydroxylamine groups is 2. The van der Waals surface area contributed by atoms with Gasteiger partial charge in [-0.25, -0.2) is 13.1 Å². The van der Waals surface area contributed by atoms with Crippen molar-refractivity contribution in [3.63, 3.8) is 0 Å². The summed E-state index contributed by atoms with van der Waals surface area (Å²) < 4.78 is 28.6. The van der Waals surface area contributed by atoms with E-state index in [0.717, 1.165) is 16.8 Å². The van der Waals surface area contributed by atoms with Gasteiger partial charge in [0.15, 0.2) is 0 Å². The molecule has 0 unspecified atom stereocenters. The monoisotopic (exact) mass is 389 g/mol. The Morgan fingerprint density at radius 1 is 1.11 bits per heavy atom. The average Bonchev–Trinajstić information content (AvgIpc) is 3.05. The highest BCUT2D eigenvalue weighted by atomic mass is 32.2. The fourth-order valence-corrected chi connectivity index (χ4v) is 4.85. The minimum absolute atomic E-state index is 0.150. The van der Waals surface area contributed by atoms with Crippen LogP contribution in [0.15, 0.2) is 54.6 Å². The molecule has 0 spiro atoms. The third-order valence-electron chi connectivity index (χ3n) is 4.90. The molecule has 3 rings (SSSR count). The van der Waals surface area contributed by atoms with Gasteiger partial charge in [-0.1, -0.05) is 42.5 Å². The molecule has 1 saturated heterocycles. The maximum atomic E-state index is 12.9. The second-order valence-corrected chi connectivity index (χ2v) is 8.97. The lowest BCUT2D eigenvalue weighted by atomic mass is 10.0. The molecule has 2 atom stereocenters. The van der Waals surface area contributed by atoms with Crippen LogP contribution in [0.4, 0.5) is 5.69 Å². The first-order valence-corrected chi connectivity index (χ1v) is 10.6. The lowest BCUT2D eigenvalue weighted by Crippen LogP contribution is -2.40. The number of anilines is 1. The van der Waals surface area contributed by atoms with Crippen LogP contribution in [0.2, 0.25) is 0 Å². The summed E-state index contributed by atoms with van der Waals surface area (Å²) in [7, 11) is 2.22. The van der Waals surface area contributed by atoms with E-state index in [4.69, 9.17) is 4.84 Å². The van der Waals surface area contributed by atoms with E-state index in [-0.39, 0.29) is 12.6 Å². The van der Waals surface area contributed by atoms with Crippen LogP contribution in [0, 0.1) is 0 Å². The molecule has 0 radical (unpaired) electrons.